The third-order valence-electron chi connectivity index (χ3n) is 1.74. The van der Waals surface area contributed by atoms with Gasteiger partial charge in [-0.3, -0.25) is 4.79 Å². The van der Waals surface area contributed by atoms with Crippen LogP contribution >= 0.6 is 0 Å². The van der Waals surface area contributed by atoms with Gasteiger partial charge in [0.05, 0.1) is 0 Å². The molecule has 0 saturated carbocycles. The summed E-state index contributed by atoms with van der Waals surface area (Å²) in [6.45, 7) is 3.90. The van der Waals surface area contributed by atoms with Gasteiger partial charge in [-0.25, -0.2) is 0 Å². The maximum atomic E-state index is 12.3. The molecular formula is C9H13F6NO2. The summed E-state index contributed by atoms with van der Waals surface area (Å²) in [5.74, 6) is -5.69. The summed E-state index contributed by atoms with van der Waals surface area (Å²) in [7, 11) is 0. The van der Waals surface area contributed by atoms with E-state index in [-0.39, 0.29) is 0 Å². The molecule has 2 N–H and O–H groups in total. The molecule has 3 nitrogen and oxygen atoms in total. The van der Waals surface area contributed by atoms with Crippen molar-refractivity contribution in [2.24, 2.45) is 11.7 Å². The third-order valence-corrected chi connectivity index (χ3v) is 1.74. The van der Waals surface area contributed by atoms with Gasteiger partial charge in [0.15, 0.2) is 5.92 Å². The Hall–Kier alpha value is -0.990. The Balaban J connectivity index is 5.12. The molecule has 108 valence electrons. The minimum Gasteiger partial charge on any atom is -0.459 e. The van der Waals surface area contributed by atoms with E-state index in [2.05, 4.69) is 4.74 Å². The van der Waals surface area contributed by atoms with Crippen LogP contribution in [0.5, 0.6) is 0 Å². The van der Waals surface area contributed by atoms with Gasteiger partial charge >= 0.3 is 18.3 Å². The fraction of sp³-hybridized carbons (Fsp3) is 0.889. The van der Waals surface area contributed by atoms with Crippen LogP contribution in [0, 0.1) is 5.92 Å². The normalized spacial score (nSPS) is 15.7. The van der Waals surface area contributed by atoms with Crippen molar-refractivity contribution in [2.45, 2.75) is 44.8 Å². The van der Waals surface area contributed by atoms with Crippen molar-refractivity contribution in [1.29, 1.82) is 0 Å². The molecule has 0 aromatic rings. The van der Waals surface area contributed by atoms with Crippen LogP contribution < -0.4 is 5.73 Å². The lowest BCUT2D eigenvalue weighted by atomic mass is 9.99. The highest BCUT2D eigenvalue weighted by molar-refractivity contribution is 5.76. The molecular weight excluding hydrogens is 268 g/mol. The second-order valence-electron chi connectivity index (χ2n) is 4.62. The molecule has 0 rings (SSSR count). The van der Waals surface area contributed by atoms with E-state index in [1.54, 1.807) is 0 Å². The van der Waals surface area contributed by atoms with E-state index in [4.69, 9.17) is 5.73 Å². The van der Waals surface area contributed by atoms with E-state index < -0.39 is 35.9 Å². The second kappa shape index (κ2) is 4.94. The lowest BCUT2D eigenvalue weighted by molar-refractivity contribution is -0.290. The smallest absolute Gasteiger partial charge is 0.402 e. The van der Waals surface area contributed by atoms with Gasteiger partial charge in [0.25, 0.3) is 0 Å². The van der Waals surface area contributed by atoms with Crippen LogP contribution in [0.3, 0.4) is 0 Å². The van der Waals surface area contributed by atoms with Gasteiger partial charge in [-0.15, -0.1) is 0 Å². The van der Waals surface area contributed by atoms with E-state index in [9.17, 15) is 31.1 Å². The summed E-state index contributed by atoms with van der Waals surface area (Å²) >= 11 is 0. The Morgan fingerprint density at radius 1 is 1.00 bits per heavy atom. The summed E-state index contributed by atoms with van der Waals surface area (Å²) in [4.78, 5) is 11.1. The van der Waals surface area contributed by atoms with Crippen LogP contribution in [0.1, 0.15) is 20.8 Å². The van der Waals surface area contributed by atoms with Crippen molar-refractivity contribution in [3.63, 3.8) is 0 Å². The fourth-order valence-electron chi connectivity index (χ4n) is 1.10. The Labute approximate surface area is 99.3 Å². The van der Waals surface area contributed by atoms with E-state index in [1.165, 1.54) is 20.8 Å². The van der Waals surface area contributed by atoms with Crippen molar-refractivity contribution < 1.29 is 35.9 Å². The topological polar surface area (TPSA) is 52.3 Å². The van der Waals surface area contributed by atoms with E-state index in [0.717, 1.165) is 0 Å². The van der Waals surface area contributed by atoms with Crippen LogP contribution in [0.15, 0.2) is 0 Å². The molecule has 0 aliphatic heterocycles. The predicted octanol–water partition coefficient (Wildman–Crippen LogP) is 2.40. The molecule has 0 spiro atoms. The number of carbonyl (C=O) groups excluding carboxylic acids is 1. The highest BCUT2D eigenvalue weighted by Crippen LogP contribution is 2.41. The summed E-state index contributed by atoms with van der Waals surface area (Å²) in [6.07, 6.45) is -11.3. The molecule has 1 atom stereocenters. The summed E-state index contributed by atoms with van der Waals surface area (Å²) in [5, 5.41) is 0. The monoisotopic (exact) mass is 281 g/mol. The van der Waals surface area contributed by atoms with Crippen molar-refractivity contribution in [3.8, 4) is 0 Å². The molecule has 0 heterocycles. The maximum Gasteiger partial charge on any atom is 0.402 e. The van der Waals surface area contributed by atoms with Gasteiger partial charge < -0.3 is 10.5 Å². The quantitative estimate of drug-likeness (QED) is 0.624. The highest BCUT2D eigenvalue weighted by atomic mass is 19.4. The summed E-state index contributed by atoms with van der Waals surface area (Å²) < 4.78 is 77.9. The lowest BCUT2D eigenvalue weighted by Crippen LogP contribution is -2.54. The summed E-state index contributed by atoms with van der Waals surface area (Å²) in [5.41, 5.74) is 3.50. The fourth-order valence-corrected chi connectivity index (χ4v) is 1.10. The number of hydrogen-bond donors (Lipinski definition) is 1. The average Bonchev–Trinajstić information content (AvgIpc) is 1.93. The van der Waals surface area contributed by atoms with E-state index in [0.29, 0.717) is 0 Å². The number of carbonyl (C=O) groups is 1. The number of ether oxygens (including phenoxy) is 1. The molecule has 0 aliphatic carbocycles. The number of rotatable bonds is 2. The van der Waals surface area contributed by atoms with Crippen molar-refractivity contribution in [3.05, 3.63) is 0 Å². The zero-order chi connectivity index (χ0) is 14.9. The van der Waals surface area contributed by atoms with E-state index in [1.807, 2.05) is 0 Å². The van der Waals surface area contributed by atoms with Gasteiger partial charge in [-0.1, -0.05) is 0 Å². The van der Waals surface area contributed by atoms with Crippen molar-refractivity contribution in [2.75, 3.05) is 0 Å². The predicted molar refractivity (Wildman–Crippen MR) is 49.4 cm³/mol. The van der Waals surface area contributed by atoms with Crippen LogP contribution in [0.2, 0.25) is 0 Å². The maximum absolute atomic E-state index is 12.3. The molecule has 0 aliphatic rings. The molecule has 9 heteroatoms. The Morgan fingerprint density at radius 3 is 1.56 bits per heavy atom. The standard InChI is InChI=1S/C9H13F6NO2/c1-7(2,3)18-6(17)4(16)5(8(10,11)12)9(13,14)15/h4-5H,16H2,1-3H3/t4-/m1/s1. The number of halogens is 6. The Kier molecular flexibility index (Phi) is 4.67. The molecule has 0 saturated heterocycles. The number of nitrogens with two attached hydrogens (primary N) is 1. The molecule has 18 heavy (non-hydrogen) atoms. The zero-order valence-electron chi connectivity index (χ0n) is 9.82. The zero-order valence-corrected chi connectivity index (χ0v) is 9.82. The summed E-state index contributed by atoms with van der Waals surface area (Å²) in [6, 6.07) is -2.84. The molecule has 0 radical (unpaired) electrons. The SMILES string of the molecule is CC(C)(C)OC(=O)[C@H](N)C(C(F)(F)F)C(F)(F)F. The van der Waals surface area contributed by atoms with Gasteiger partial charge in [0, 0.05) is 0 Å². The first-order valence-electron chi connectivity index (χ1n) is 4.78. The first-order chi connectivity index (χ1) is 7.66. The number of hydrogen-bond acceptors (Lipinski definition) is 3. The van der Waals surface area contributed by atoms with Crippen molar-refractivity contribution in [1.82, 2.24) is 0 Å². The molecule has 0 fully saturated rings. The van der Waals surface area contributed by atoms with Gasteiger partial charge in [-0.05, 0) is 20.8 Å². The van der Waals surface area contributed by atoms with Crippen molar-refractivity contribution >= 4 is 5.97 Å². The molecule has 0 unspecified atom stereocenters. The van der Waals surface area contributed by atoms with Gasteiger partial charge in [-0.2, -0.15) is 26.3 Å². The minimum absolute atomic E-state index is 1.23. The Morgan fingerprint density at radius 2 is 1.33 bits per heavy atom. The van der Waals surface area contributed by atoms with Crippen LogP contribution in [-0.4, -0.2) is 30.0 Å². The first kappa shape index (κ1) is 17.0. The first-order valence-corrected chi connectivity index (χ1v) is 4.78. The van der Waals surface area contributed by atoms with Crippen LogP contribution in [-0.2, 0) is 9.53 Å². The average molecular weight is 281 g/mol. The molecule has 0 aromatic carbocycles. The second-order valence-corrected chi connectivity index (χ2v) is 4.62. The van der Waals surface area contributed by atoms with Crippen LogP contribution in [0.25, 0.3) is 0 Å². The molecule has 0 amide bonds. The van der Waals surface area contributed by atoms with E-state index >= 15 is 0 Å². The number of alkyl halides is 6. The largest absolute Gasteiger partial charge is 0.459 e. The van der Waals surface area contributed by atoms with Gasteiger partial charge in [0.2, 0.25) is 0 Å². The lowest BCUT2D eigenvalue weighted by Gasteiger charge is -2.29. The minimum atomic E-state index is -5.67. The molecule has 0 bridgehead atoms. The van der Waals surface area contributed by atoms with Gasteiger partial charge in [0.1, 0.15) is 11.6 Å². The Bertz CT molecular complexity index is 290. The highest BCUT2D eigenvalue weighted by Gasteiger charge is 2.61. The number of esters is 1. The third kappa shape index (κ3) is 5.11. The molecule has 0 aromatic heterocycles. The van der Waals surface area contributed by atoms with Crippen LogP contribution in [0.4, 0.5) is 26.3 Å².